The summed E-state index contributed by atoms with van der Waals surface area (Å²) < 4.78 is 4.96. The molecule has 3 nitrogen and oxygen atoms in total. The minimum Gasteiger partial charge on any atom is -0.487 e. The lowest BCUT2D eigenvalue weighted by Gasteiger charge is -1.91. The summed E-state index contributed by atoms with van der Waals surface area (Å²) in [5.41, 5.74) is 0. The van der Waals surface area contributed by atoms with Gasteiger partial charge in [0, 0.05) is 4.88 Å². The number of hydrogen-bond acceptors (Lipinski definition) is 4. The highest BCUT2D eigenvalue weighted by Crippen LogP contribution is 2.23. The first-order valence-corrected chi connectivity index (χ1v) is 3.63. The molecule has 0 bridgehead atoms. The second-order valence-corrected chi connectivity index (χ2v) is 2.87. The van der Waals surface area contributed by atoms with Crippen molar-refractivity contribution in [2.24, 2.45) is 5.90 Å². The van der Waals surface area contributed by atoms with Gasteiger partial charge in [-0.05, 0) is 12.1 Å². The Kier molecular flexibility index (Phi) is 2.68. The molecule has 0 amide bonds. The first-order chi connectivity index (χ1) is 4.86. The second kappa shape index (κ2) is 3.55. The lowest BCUT2D eigenvalue weighted by Crippen LogP contribution is -1.96. The maximum Gasteiger partial charge on any atom is 0.173 e. The molecule has 0 unspecified atom stereocenters. The lowest BCUT2D eigenvalue weighted by molar-refractivity contribution is 0.126. The zero-order valence-corrected chi connectivity index (χ0v) is 6.48. The summed E-state index contributed by atoms with van der Waals surface area (Å²) in [4.78, 5) is 5.51. The van der Waals surface area contributed by atoms with Gasteiger partial charge < -0.3 is 4.74 Å². The molecule has 0 saturated heterocycles. The van der Waals surface area contributed by atoms with E-state index in [9.17, 15) is 0 Å². The molecule has 2 N–H and O–H groups in total. The maximum absolute atomic E-state index is 4.96. The summed E-state index contributed by atoms with van der Waals surface area (Å²) in [6, 6.07) is 3.81. The van der Waals surface area contributed by atoms with Gasteiger partial charge in [0.2, 0.25) is 0 Å². The van der Waals surface area contributed by atoms with Crippen molar-refractivity contribution in [3.8, 4) is 5.06 Å². The van der Waals surface area contributed by atoms with E-state index in [2.05, 4.69) is 4.84 Å². The predicted molar refractivity (Wildman–Crippen MR) is 39.8 cm³/mol. The Morgan fingerprint density at radius 1 is 1.60 bits per heavy atom. The minimum absolute atomic E-state index is 0.452. The molecule has 1 rings (SSSR count). The Morgan fingerprint density at radius 3 is 2.90 bits per heavy atom. The first kappa shape index (κ1) is 7.53. The van der Waals surface area contributed by atoms with E-state index < -0.39 is 0 Å². The van der Waals surface area contributed by atoms with Crippen LogP contribution in [-0.4, -0.2) is 7.11 Å². The molecule has 1 aromatic rings. The number of methoxy groups -OCH3 is 1. The highest BCUT2D eigenvalue weighted by Gasteiger charge is 1.97. The number of ether oxygens (including phenoxy) is 1. The molecule has 4 heteroatoms. The smallest absolute Gasteiger partial charge is 0.173 e. The minimum atomic E-state index is 0.452. The molecule has 10 heavy (non-hydrogen) atoms. The van der Waals surface area contributed by atoms with Gasteiger partial charge in [-0.2, -0.15) is 0 Å². The Bertz CT molecular complexity index is 199. The number of hydrogen-bond donors (Lipinski definition) is 1. The summed E-state index contributed by atoms with van der Waals surface area (Å²) in [5, 5.41) is 0.882. The van der Waals surface area contributed by atoms with Crippen molar-refractivity contribution in [3.05, 3.63) is 17.0 Å². The summed E-state index contributed by atoms with van der Waals surface area (Å²) in [7, 11) is 1.64. The van der Waals surface area contributed by atoms with Gasteiger partial charge in [0.1, 0.15) is 6.61 Å². The standard InChI is InChI=1S/C6H9NO2S/c1-8-6-3-2-5(10-6)4-9-7/h2-3H,4,7H2,1H3. The Hall–Kier alpha value is -0.580. The number of thiophene rings is 1. The van der Waals surface area contributed by atoms with Crippen LogP contribution in [0.1, 0.15) is 4.88 Å². The van der Waals surface area contributed by atoms with Crippen LogP contribution in [0.2, 0.25) is 0 Å². The Balaban J connectivity index is 2.59. The molecule has 0 aliphatic rings. The molecule has 0 atom stereocenters. The van der Waals surface area contributed by atoms with Crippen LogP contribution in [0.5, 0.6) is 5.06 Å². The van der Waals surface area contributed by atoms with E-state index in [0.29, 0.717) is 6.61 Å². The van der Waals surface area contributed by atoms with Crippen LogP contribution in [0.25, 0.3) is 0 Å². The van der Waals surface area contributed by atoms with Crippen molar-refractivity contribution in [1.29, 1.82) is 0 Å². The van der Waals surface area contributed by atoms with Crippen LogP contribution in [-0.2, 0) is 11.4 Å². The van der Waals surface area contributed by atoms with Crippen LogP contribution in [0.4, 0.5) is 0 Å². The molecule has 0 radical (unpaired) electrons. The first-order valence-electron chi connectivity index (χ1n) is 2.81. The van der Waals surface area contributed by atoms with Crippen molar-refractivity contribution in [2.45, 2.75) is 6.61 Å². The van der Waals surface area contributed by atoms with Crippen molar-refractivity contribution < 1.29 is 9.57 Å². The molecule has 1 heterocycles. The zero-order valence-electron chi connectivity index (χ0n) is 5.66. The van der Waals surface area contributed by atoms with Gasteiger partial charge in [-0.3, -0.25) is 4.84 Å². The van der Waals surface area contributed by atoms with Crippen LogP contribution in [0.15, 0.2) is 12.1 Å². The van der Waals surface area contributed by atoms with Gasteiger partial charge in [0.25, 0.3) is 0 Å². The molecule has 1 aromatic heterocycles. The monoisotopic (exact) mass is 159 g/mol. The van der Waals surface area contributed by atoms with Crippen molar-refractivity contribution >= 4 is 11.3 Å². The van der Waals surface area contributed by atoms with E-state index in [-0.39, 0.29) is 0 Å². The van der Waals surface area contributed by atoms with Gasteiger partial charge in [0.15, 0.2) is 5.06 Å². The van der Waals surface area contributed by atoms with Crippen molar-refractivity contribution in [2.75, 3.05) is 7.11 Å². The third-order valence-corrected chi connectivity index (χ3v) is 2.08. The van der Waals surface area contributed by atoms with E-state index in [1.807, 2.05) is 12.1 Å². The molecule has 0 aromatic carbocycles. The van der Waals surface area contributed by atoms with E-state index in [1.54, 1.807) is 7.11 Å². The van der Waals surface area contributed by atoms with E-state index in [1.165, 1.54) is 11.3 Å². The largest absolute Gasteiger partial charge is 0.487 e. The average molecular weight is 159 g/mol. The molecule has 0 spiro atoms. The third-order valence-electron chi connectivity index (χ3n) is 1.06. The average Bonchev–Trinajstić information content (AvgIpc) is 2.37. The number of nitrogens with two attached hydrogens (primary N) is 1. The molecule has 0 saturated carbocycles. The van der Waals surface area contributed by atoms with Gasteiger partial charge in [-0.25, -0.2) is 5.90 Å². The summed E-state index contributed by atoms with van der Waals surface area (Å²) in [6.07, 6.45) is 0. The van der Waals surface area contributed by atoms with Crippen LogP contribution < -0.4 is 10.6 Å². The zero-order chi connectivity index (χ0) is 7.40. The van der Waals surface area contributed by atoms with Gasteiger partial charge in [-0.15, -0.1) is 11.3 Å². The van der Waals surface area contributed by atoms with Crippen molar-refractivity contribution in [3.63, 3.8) is 0 Å². The summed E-state index contributed by atoms with van der Waals surface area (Å²) in [6.45, 7) is 0.452. The molecule has 0 aliphatic heterocycles. The highest BCUT2D eigenvalue weighted by molar-refractivity contribution is 7.13. The van der Waals surface area contributed by atoms with Gasteiger partial charge in [-0.1, -0.05) is 0 Å². The van der Waals surface area contributed by atoms with E-state index in [0.717, 1.165) is 9.94 Å². The van der Waals surface area contributed by atoms with Crippen molar-refractivity contribution in [1.82, 2.24) is 0 Å². The summed E-state index contributed by atoms with van der Waals surface area (Å²) in [5.74, 6) is 4.88. The molecule has 0 aliphatic carbocycles. The Morgan fingerprint density at radius 2 is 2.40 bits per heavy atom. The molecule has 0 fully saturated rings. The Labute approximate surface area is 63.3 Å². The second-order valence-electron chi connectivity index (χ2n) is 1.74. The SMILES string of the molecule is COc1ccc(CON)s1. The maximum atomic E-state index is 4.96. The molecular formula is C6H9NO2S. The van der Waals surface area contributed by atoms with E-state index in [4.69, 9.17) is 10.6 Å². The fourth-order valence-electron chi connectivity index (χ4n) is 0.628. The summed E-state index contributed by atoms with van der Waals surface area (Å²) >= 11 is 1.53. The third kappa shape index (κ3) is 1.70. The molecular weight excluding hydrogens is 150 g/mol. The van der Waals surface area contributed by atoms with Crippen LogP contribution in [0, 0.1) is 0 Å². The topological polar surface area (TPSA) is 44.5 Å². The lowest BCUT2D eigenvalue weighted by atomic mass is 10.5. The normalized spacial score (nSPS) is 9.80. The van der Waals surface area contributed by atoms with Crippen LogP contribution >= 0.6 is 11.3 Å². The van der Waals surface area contributed by atoms with Crippen LogP contribution in [0.3, 0.4) is 0 Å². The predicted octanol–water partition coefficient (Wildman–Crippen LogP) is 1.15. The fraction of sp³-hybridized carbons (Fsp3) is 0.333. The highest BCUT2D eigenvalue weighted by atomic mass is 32.1. The van der Waals surface area contributed by atoms with E-state index >= 15 is 0 Å². The van der Waals surface area contributed by atoms with Gasteiger partial charge in [0.05, 0.1) is 7.11 Å². The molecule has 56 valence electrons. The number of rotatable bonds is 3. The fourth-order valence-corrected chi connectivity index (χ4v) is 1.37. The quantitative estimate of drug-likeness (QED) is 0.673. The van der Waals surface area contributed by atoms with Gasteiger partial charge >= 0.3 is 0 Å².